The summed E-state index contributed by atoms with van der Waals surface area (Å²) in [7, 11) is -3.80. The van der Waals surface area contributed by atoms with E-state index >= 15 is 0 Å². The fourth-order valence-electron chi connectivity index (χ4n) is 2.94. The predicted octanol–water partition coefficient (Wildman–Crippen LogP) is 5.42. The van der Waals surface area contributed by atoms with Gasteiger partial charge in [0.1, 0.15) is 5.82 Å². The Labute approximate surface area is 171 Å². The number of halogens is 2. The van der Waals surface area contributed by atoms with E-state index in [0.29, 0.717) is 22.4 Å². The Morgan fingerprint density at radius 3 is 2.29 bits per heavy atom. The zero-order valence-electron chi connectivity index (χ0n) is 15.1. The first-order valence-corrected chi connectivity index (χ1v) is 11.1. The highest BCUT2D eigenvalue weighted by atomic mass is 35.5. The molecule has 0 atom stereocenters. The summed E-state index contributed by atoms with van der Waals surface area (Å²) in [4.78, 5) is 13.9. The molecule has 2 N–H and O–H groups in total. The average molecular weight is 438 g/mol. The minimum atomic E-state index is -3.80. The predicted molar refractivity (Wildman–Crippen MR) is 111 cm³/mol. The highest BCUT2D eigenvalue weighted by Gasteiger charge is 2.22. The van der Waals surface area contributed by atoms with E-state index in [1.807, 2.05) is 6.92 Å². The molecule has 0 aliphatic heterocycles. The third-order valence-corrected chi connectivity index (χ3v) is 6.98. The number of Topliss-reactive ketones (excluding diaryl/α,β-unsaturated/α-hetero) is 1. The van der Waals surface area contributed by atoms with Gasteiger partial charge >= 0.3 is 0 Å². The summed E-state index contributed by atoms with van der Waals surface area (Å²) in [6.45, 7) is 3.65. The maximum atomic E-state index is 13.5. The van der Waals surface area contributed by atoms with E-state index in [9.17, 15) is 17.6 Å². The Morgan fingerprint density at radius 1 is 1.14 bits per heavy atom. The van der Waals surface area contributed by atoms with Crippen LogP contribution >= 0.6 is 22.9 Å². The lowest BCUT2D eigenvalue weighted by Crippen LogP contribution is -2.11. The molecule has 0 saturated carbocycles. The molecule has 8 heteroatoms. The van der Waals surface area contributed by atoms with Crippen LogP contribution in [0.1, 0.15) is 28.6 Å². The molecule has 0 saturated heterocycles. The van der Waals surface area contributed by atoms with E-state index in [1.165, 1.54) is 35.6 Å². The van der Waals surface area contributed by atoms with Crippen molar-refractivity contribution >= 4 is 38.7 Å². The number of benzene rings is 2. The first-order valence-electron chi connectivity index (χ1n) is 8.38. The third-order valence-electron chi connectivity index (χ3n) is 4.37. The zero-order valence-corrected chi connectivity index (χ0v) is 17.5. The van der Waals surface area contributed by atoms with Crippen molar-refractivity contribution in [3.63, 3.8) is 0 Å². The maximum Gasteiger partial charge on any atom is 0.238 e. The van der Waals surface area contributed by atoms with Gasteiger partial charge in [-0.15, -0.1) is 11.3 Å². The number of hydrogen-bond donors (Lipinski definition) is 1. The number of rotatable bonds is 5. The molecule has 0 bridgehead atoms. The van der Waals surface area contributed by atoms with Crippen LogP contribution in [-0.2, 0) is 10.0 Å². The largest absolute Gasteiger partial charge is 0.293 e. The Hall–Kier alpha value is -2.06. The lowest BCUT2D eigenvalue weighted by Gasteiger charge is -2.07. The number of primary sulfonamides is 1. The van der Waals surface area contributed by atoms with Crippen LogP contribution in [0.3, 0.4) is 0 Å². The van der Waals surface area contributed by atoms with Gasteiger partial charge in [-0.05, 0) is 47.9 Å². The minimum absolute atomic E-state index is 0.00181. The van der Waals surface area contributed by atoms with Crippen LogP contribution in [0, 0.1) is 12.7 Å². The van der Waals surface area contributed by atoms with E-state index in [0.717, 1.165) is 16.0 Å². The summed E-state index contributed by atoms with van der Waals surface area (Å²) in [5.41, 5.74) is 2.99. The topological polar surface area (TPSA) is 77.2 Å². The molecule has 3 rings (SSSR count). The SMILES string of the molecule is CCC(=O)c1sc(-c2ccc(F)c(Cl)c2)c(C)c1-c1ccc(S(N)(=O)=O)cc1. The van der Waals surface area contributed by atoms with Gasteiger partial charge in [0, 0.05) is 16.9 Å². The second-order valence-corrected chi connectivity index (χ2v) is 9.22. The third kappa shape index (κ3) is 3.89. The molecule has 0 aliphatic rings. The number of carbonyl (C=O) groups is 1. The van der Waals surface area contributed by atoms with Crippen molar-refractivity contribution in [3.8, 4) is 21.6 Å². The molecule has 146 valence electrons. The van der Waals surface area contributed by atoms with Gasteiger partial charge in [0.25, 0.3) is 0 Å². The summed E-state index contributed by atoms with van der Waals surface area (Å²) in [6, 6.07) is 10.5. The van der Waals surface area contributed by atoms with Gasteiger partial charge in [-0.3, -0.25) is 4.79 Å². The summed E-state index contributed by atoms with van der Waals surface area (Å²) in [6.07, 6.45) is 0.325. The summed E-state index contributed by atoms with van der Waals surface area (Å²) < 4.78 is 36.5. The highest BCUT2D eigenvalue weighted by Crippen LogP contribution is 2.43. The molecule has 1 heterocycles. The van der Waals surface area contributed by atoms with Crippen molar-refractivity contribution < 1.29 is 17.6 Å². The lowest BCUT2D eigenvalue weighted by molar-refractivity contribution is 0.0992. The number of thiophene rings is 1. The smallest absolute Gasteiger partial charge is 0.238 e. The minimum Gasteiger partial charge on any atom is -0.293 e. The van der Waals surface area contributed by atoms with Crippen LogP contribution in [0.2, 0.25) is 5.02 Å². The van der Waals surface area contributed by atoms with Crippen LogP contribution in [0.5, 0.6) is 0 Å². The van der Waals surface area contributed by atoms with Crippen molar-refractivity contribution in [1.29, 1.82) is 0 Å². The quantitative estimate of drug-likeness (QED) is 0.541. The van der Waals surface area contributed by atoms with Crippen molar-refractivity contribution in [3.05, 3.63) is 63.7 Å². The zero-order chi connectivity index (χ0) is 20.6. The summed E-state index contributed by atoms with van der Waals surface area (Å²) in [5, 5.41) is 5.17. The lowest BCUT2D eigenvalue weighted by atomic mass is 9.97. The normalized spacial score (nSPS) is 11.6. The molecule has 0 radical (unpaired) electrons. The van der Waals surface area contributed by atoms with E-state index in [4.69, 9.17) is 16.7 Å². The van der Waals surface area contributed by atoms with Crippen LogP contribution in [0.15, 0.2) is 47.4 Å². The molecule has 1 aromatic heterocycles. The van der Waals surface area contributed by atoms with E-state index < -0.39 is 15.8 Å². The van der Waals surface area contributed by atoms with Crippen LogP contribution in [0.25, 0.3) is 21.6 Å². The molecule has 0 fully saturated rings. The van der Waals surface area contributed by atoms with Crippen molar-refractivity contribution in [2.75, 3.05) is 0 Å². The molecule has 2 aromatic carbocycles. The first-order chi connectivity index (χ1) is 13.1. The number of nitrogens with two attached hydrogens (primary N) is 1. The van der Waals surface area contributed by atoms with Gasteiger partial charge in [0.2, 0.25) is 10.0 Å². The highest BCUT2D eigenvalue weighted by molar-refractivity contribution is 7.89. The Bertz CT molecular complexity index is 1170. The molecule has 3 aromatic rings. The van der Waals surface area contributed by atoms with Gasteiger partial charge < -0.3 is 0 Å². The number of sulfonamides is 1. The van der Waals surface area contributed by atoms with Crippen LogP contribution in [-0.4, -0.2) is 14.2 Å². The molecule has 0 unspecified atom stereocenters. The molecule has 4 nitrogen and oxygen atoms in total. The monoisotopic (exact) mass is 437 g/mol. The van der Waals surface area contributed by atoms with E-state index in [-0.39, 0.29) is 15.7 Å². The van der Waals surface area contributed by atoms with Crippen molar-refractivity contribution in [2.24, 2.45) is 5.14 Å². The second-order valence-electron chi connectivity index (χ2n) is 6.24. The van der Waals surface area contributed by atoms with Gasteiger partial charge in [0.05, 0.1) is 14.8 Å². The van der Waals surface area contributed by atoms with E-state index in [2.05, 4.69) is 0 Å². The molecular weight excluding hydrogens is 421 g/mol. The number of carbonyl (C=O) groups excluding carboxylic acids is 1. The van der Waals surface area contributed by atoms with Gasteiger partial charge in [-0.25, -0.2) is 17.9 Å². The molecule has 0 spiro atoms. The fraction of sp³-hybridized carbons (Fsp3) is 0.150. The number of hydrogen-bond acceptors (Lipinski definition) is 4. The Morgan fingerprint density at radius 2 is 1.75 bits per heavy atom. The van der Waals surface area contributed by atoms with Crippen molar-refractivity contribution in [1.82, 2.24) is 0 Å². The maximum absolute atomic E-state index is 13.5. The standard InChI is InChI=1S/C20H17ClFNO3S2/c1-3-17(24)20-18(12-4-7-14(8-5-12)28(23,25)26)11(2)19(27-20)13-6-9-16(22)15(21)10-13/h4-10H,3H2,1-2H3,(H2,23,25,26). The molecule has 0 amide bonds. The molecule has 0 aliphatic carbocycles. The molecular formula is C20H17ClFNO3S2. The van der Waals surface area contributed by atoms with Gasteiger partial charge in [0.15, 0.2) is 5.78 Å². The van der Waals surface area contributed by atoms with Crippen LogP contribution in [0.4, 0.5) is 4.39 Å². The van der Waals surface area contributed by atoms with Gasteiger partial charge in [-0.2, -0.15) is 0 Å². The van der Waals surface area contributed by atoms with E-state index in [1.54, 1.807) is 25.1 Å². The fourth-order valence-corrected chi connectivity index (χ4v) is 4.97. The second kappa shape index (κ2) is 7.75. The Balaban J connectivity index is 2.21. The Kier molecular flexibility index (Phi) is 5.72. The first kappa shape index (κ1) is 20.7. The van der Waals surface area contributed by atoms with Crippen molar-refractivity contribution in [2.45, 2.75) is 25.2 Å². The number of ketones is 1. The summed E-state index contributed by atoms with van der Waals surface area (Å²) >= 11 is 7.24. The average Bonchev–Trinajstić information content (AvgIpc) is 3.00. The van der Waals surface area contributed by atoms with Crippen LogP contribution < -0.4 is 5.14 Å². The molecule has 28 heavy (non-hydrogen) atoms. The van der Waals surface area contributed by atoms with Gasteiger partial charge in [-0.1, -0.05) is 36.7 Å². The summed E-state index contributed by atoms with van der Waals surface area (Å²) in [5.74, 6) is -0.540.